The molecule has 0 spiro atoms. The number of aromatic nitrogens is 2. The predicted octanol–water partition coefficient (Wildman–Crippen LogP) is 5.17. The summed E-state index contributed by atoms with van der Waals surface area (Å²) in [6.45, 7) is 0. The van der Waals surface area contributed by atoms with Gasteiger partial charge in [0.15, 0.2) is 5.69 Å². The molecule has 0 saturated heterocycles. The first-order chi connectivity index (χ1) is 18.0. The highest BCUT2D eigenvalue weighted by Crippen LogP contribution is 2.30. The fourth-order valence-corrected chi connectivity index (χ4v) is 4.53. The molecule has 0 unspecified atom stereocenters. The highest BCUT2D eigenvalue weighted by Gasteiger charge is 2.34. The third-order valence-corrected chi connectivity index (χ3v) is 6.20. The van der Waals surface area contributed by atoms with E-state index in [-0.39, 0.29) is 22.3 Å². The molecule has 0 bridgehead atoms. The molecule has 8 heteroatoms. The Morgan fingerprint density at radius 2 is 1.27 bits per heavy atom. The molecule has 2 heterocycles. The van der Waals surface area contributed by atoms with Crippen LogP contribution in [0.15, 0.2) is 66.7 Å². The zero-order chi connectivity index (χ0) is 26.1. The molecule has 5 aromatic rings. The van der Waals surface area contributed by atoms with Crippen molar-refractivity contribution in [2.75, 3.05) is 21.3 Å². The van der Waals surface area contributed by atoms with Crippen LogP contribution in [0, 0.1) is 0 Å². The molecule has 8 nitrogen and oxygen atoms in total. The number of hydrogen-bond donors (Lipinski definition) is 0. The summed E-state index contributed by atoms with van der Waals surface area (Å²) in [6.07, 6.45) is 3.77. The largest absolute Gasteiger partial charge is 0.465 e. The van der Waals surface area contributed by atoms with Crippen molar-refractivity contribution in [1.29, 1.82) is 0 Å². The molecule has 0 aliphatic heterocycles. The molecule has 0 radical (unpaired) electrons. The van der Waals surface area contributed by atoms with Crippen LogP contribution in [-0.2, 0) is 14.2 Å². The second-order valence-electron chi connectivity index (χ2n) is 8.19. The first-order valence-electron chi connectivity index (χ1n) is 11.4. The first kappa shape index (κ1) is 23.7. The standard InChI is InChI=1S/C29H22N2O6/c1-35-27(32)24-23-15-13-19(30-31(23)26(29(34)37-3)25(24)28(33)36-2)12-14-22-20-10-6-4-8-17(20)16-18-9-5-7-11-21(18)22/h4-16H,1-3H3/b14-12+. The van der Waals surface area contributed by atoms with Crippen LogP contribution in [-0.4, -0.2) is 48.9 Å². The number of hydrogen-bond acceptors (Lipinski definition) is 7. The maximum Gasteiger partial charge on any atom is 0.357 e. The summed E-state index contributed by atoms with van der Waals surface area (Å²) >= 11 is 0. The van der Waals surface area contributed by atoms with Crippen LogP contribution < -0.4 is 0 Å². The monoisotopic (exact) mass is 494 g/mol. The minimum atomic E-state index is -0.884. The van der Waals surface area contributed by atoms with Crippen molar-refractivity contribution < 1.29 is 28.6 Å². The van der Waals surface area contributed by atoms with Crippen LogP contribution in [0.4, 0.5) is 0 Å². The van der Waals surface area contributed by atoms with Gasteiger partial charge in [-0.05, 0) is 51.4 Å². The van der Waals surface area contributed by atoms with Gasteiger partial charge in [0.2, 0.25) is 0 Å². The Morgan fingerprint density at radius 3 is 1.86 bits per heavy atom. The summed E-state index contributed by atoms with van der Waals surface area (Å²) in [4.78, 5) is 37.9. The van der Waals surface area contributed by atoms with Gasteiger partial charge in [-0.2, -0.15) is 5.10 Å². The lowest BCUT2D eigenvalue weighted by Crippen LogP contribution is -2.16. The first-order valence-corrected chi connectivity index (χ1v) is 11.4. The van der Waals surface area contributed by atoms with Gasteiger partial charge in [-0.15, -0.1) is 0 Å². The normalized spacial score (nSPS) is 11.3. The minimum Gasteiger partial charge on any atom is -0.465 e. The molecular weight excluding hydrogens is 472 g/mol. The summed E-state index contributed by atoms with van der Waals surface area (Å²) in [5.41, 5.74) is 1.09. The Bertz CT molecular complexity index is 1690. The average molecular weight is 495 g/mol. The SMILES string of the molecule is COC(=O)c1c(C(=O)OC)c2ccc(/C=C/c3c4ccccc4cc4ccccc34)nn2c1C(=O)OC. The van der Waals surface area contributed by atoms with Crippen molar-refractivity contribution in [2.45, 2.75) is 0 Å². The molecule has 5 rings (SSSR count). The van der Waals surface area contributed by atoms with Gasteiger partial charge < -0.3 is 14.2 Å². The molecule has 3 aromatic carbocycles. The number of ether oxygens (including phenoxy) is 3. The maximum absolute atomic E-state index is 12.7. The summed E-state index contributed by atoms with van der Waals surface area (Å²) in [7, 11) is 3.52. The van der Waals surface area contributed by atoms with E-state index in [1.165, 1.54) is 18.7 Å². The van der Waals surface area contributed by atoms with Gasteiger partial charge in [0.05, 0.1) is 32.5 Å². The predicted molar refractivity (Wildman–Crippen MR) is 140 cm³/mol. The Balaban J connectivity index is 1.73. The van der Waals surface area contributed by atoms with Crippen LogP contribution in [0.1, 0.15) is 42.5 Å². The fourth-order valence-electron chi connectivity index (χ4n) is 4.53. The van der Waals surface area contributed by atoms with Gasteiger partial charge in [-0.25, -0.2) is 18.9 Å². The molecule has 0 aliphatic carbocycles. The van der Waals surface area contributed by atoms with Crippen LogP contribution in [0.25, 0.3) is 39.2 Å². The number of methoxy groups -OCH3 is 3. The number of carbonyl (C=O) groups excluding carboxylic acids is 3. The summed E-state index contributed by atoms with van der Waals surface area (Å²) < 4.78 is 15.8. The van der Waals surface area contributed by atoms with Crippen molar-refractivity contribution in [3.8, 4) is 0 Å². The zero-order valence-corrected chi connectivity index (χ0v) is 20.3. The molecule has 184 valence electrons. The van der Waals surface area contributed by atoms with E-state index in [2.05, 4.69) is 35.4 Å². The quantitative estimate of drug-likeness (QED) is 0.189. The van der Waals surface area contributed by atoms with E-state index < -0.39 is 17.9 Å². The van der Waals surface area contributed by atoms with Crippen LogP contribution in [0.2, 0.25) is 0 Å². The van der Waals surface area contributed by atoms with E-state index in [1.807, 2.05) is 36.4 Å². The third kappa shape index (κ3) is 3.98. The molecule has 37 heavy (non-hydrogen) atoms. The van der Waals surface area contributed by atoms with Gasteiger partial charge in [0.1, 0.15) is 11.1 Å². The lowest BCUT2D eigenvalue weighted by Gasteiger charge is -2.08. The summed E-state index contributed by atoms with van der Waals surface area (Å²) in [5, 5.41) is 8.92. The van der Waals surface area contributed by atoms with Gasteiger partial charge in [-0.1, -0.05) is 54.6 Å². The fraction of sp³-hybridized carbons (Fsp3) is 0.103. The summed E-state index contributed by atoms with van der Waals surface area (Å²) in [5.74, 6) is -2.54. The third-order valence-electron chi connectivity index (χ3n) is 6.20. The molecule has 2 aromatic heterocycles. The lowest BCUT2D eigenvalue weighted by atomic mass is 9.96. The Hall–Kier alpha value is -4.98. The van der Waals surface area contributed by atoms with E-state index in [1.54, 1.807) is 12.1 Å². The molecule has 0 aliphatic rings. The number of benzene rings is 3. The average Bonchev–Trinajstić information content (AvgIpc) is 3.28. The van der Waals surface area contributed by atoms with Crippen molar-refractivity contribution >= 4 is 57.1 Å². The van der Waals surface area contributed by atoms with Crippen molar-refractivity contribution in [2.24, 2.45) is 0 Å². The molecule has 0 N–H and O–H groups in total. The van der Waals surface area contributed by atoms with E-state index >= 15 is 0 Å². The minimum absolute atomic E-state index is 0.127. The van der Waals surface area contributed by atoms with Crippen molar-refractivity contribution in [3.05, 3.63) is 94.8 Å². The Kier molecular flexibility index (Phi) is 6.15. The lowest BCUT2D eigenvalue weighted by molar-refractivity contribution is 0.0536. The van der Waals surface area contributed by atoms with E-state index in [0.717, 1.165) is 34.2 Å². The highest BCUT2D eigenvalue weighted by atomic mass is 16.5. The molecular formula is C29H22N2O6. The second kappa shape index (κ2) is 9.58. The topological polar surface area (TPSA) is 96.2 Å². The number of rotatable bonds is 5. The number of esters is 3. The smallest absolute Gasteiger partial charge is 0.357 e. The van der Waals surface area contributed by atoms with Crippen molar-refractivity contribution in [3.63, 3.8) is 0 Å². The van der Waals surface area contributed by atoms with Crippen LogP contribution in [0.3, 0.4) is 0 Å². The zero-order valence-electron chi connectivity index (χ0n) is 20.3. The van der Waals surface area contributed by atoms with E-state index in [4.69, 9.17) is 14.2 Å². The van der Waals surface area contributed by atoms with Gasteiger partial charge >= 0.3 is 17.9 Å². The number of nitrogens with zero attached hydrogens (tertiary/aromatic N) is 2. The molecule has 0 atom stereocenters. The Labute approximate surface area is 211 Å². The molecule has 0 fully saturated rings. The van der Waals surface area contributed by atoms with E-state index in [9.17, 15) is 14.4 Å². The summed E-state index contributed by atoms with van der Waals surface area (Å²) in [6, 6.07) is 21.7. The number of carbonyl (C=O) groups is 3. The van der Waals surface area contributed by atoms with Crippen LogP contribution >= 0.6 is 0 Å². The van der Waals surface area contributed by atoms with Gasteiger partial charge in [0.25, 0.3) is 0 Å². The second-order valence-corrected chi connectivity index (χ2v) is 8.19. The van der Waals surface area contributed by atoms with Gasteiger partial charge in [-0.3, -0.25) is 0 Å². The molecule has 0 amide bonds. The maximum atomic E-state index is 12.7. The van der Waals surface area contributed by atoms with E-state index in [0.29, 0.717) is 5.69 Å². The Morgan fingerprint density at radius 1 is 0.703 bits per heavy atom. The van der Waals surface area contributed by atoms with Gasteiger partial charge in [0, 0.05) is 0 Å². The van der Waals surface area contributed by atoms with Crippen molar-refractivity contribution in [1.82, 2.24) is 9.61 Å². The number of fused-ring (bicyclic) bond motifs is 3. The highest BCUT2D eigenvalue weighted by molar-refractivity contribution is 6.14. The van der Waals surface area contributed by atoms with Crippen LogP contribution in [0.5, 0.6) is 0 Å². The molecule has 0 saturated carbocycles.